The molecule has 0 atom stereocenters. The van der Waals surface area contributed by atoms with Crippen molar-refractivity contribution in [3.63, 3.8) is 0 Å². The molecule has 5 rings (SSSR count). The van der Waals surface area contributed by atoms with Gasteiger partial charge in [-0.3, -0.25) is 19.7 Å². The van der Waals surface area contributed by atoms with Crippen molar-refractivity contribution in [2.75, 3.05) is 10.2 Å². The topological polar surface area (TPSA) is 79.4 Å². The number of fused-ring (bicyclic) bond motifs is 1. The molecule has 152 valence electrons. The first-order chi connectivity index (χ1) is 15.0. The van der Waals surface area contributed by atoms with E-state index in [1.807, 2.05) is 22.9 Å². The maximum Gasteiger partial charge on any atom is 0.266 e. The van der Waals surface area contributed by atoms with Crippen LogP contribution < -0.4 is 10.2 Å². The van der Waals surface area contributed by atoms with Crippen LogP contribution in [0.5, 0.6) is 0 Å². The van der Waals surface area contributed by atoms with E-state index in [9.17, 15) is 14.4 Å². The Hall–Kier alpha value is -3.33. The predicted octanol–water partition coefficient (Wildman–Crippen LogP) is 5.58. The van der Waals surface area contributed by atoms with Crippen molar-refractivity contribution in [1.82, 2.24) is 4.98 Å². The van der Waals surface area contributed by atoms with E-state index in [1.54, 1.807) is 35.6 Å². The molecule has 2 aromatic heterocycles. The smallest absolute Gasteiger partial charge is 0.266 e. The number of amides is 3. The van der Waals surface area contributed by atoms with Crippen LogP contribution in [0.15, 0.2) is 65.4 Å². The highest BCUT2D eigenvalue weighted by Crippen LogP contribution is 2.34. The van der Waals surface area contributed by atoms with Crippen LogP contribution >= 0.6 is 34.3 Å². The first-order valence-electron chi connectivity index (χ1n) is 9.11. The third kappa shape index (κ3) is 3.44. The number of carbonyl (C=O) groups is 3. The fourth-order valence-corrected chi connectivity index (χ4v) is 4.96. The minimum absolute atomic E-state index is 0.163. The molecule has 1 N–H and O–H groups in total. The summed E-state index contributed by atoms with van der Waals surface area (Å²) in [5, 5.41) is 7.33. The average Bonchev–Trinajstić information content (AvgIpc) is 3.50. The molecule has 0 fully saturated rings. The van der Waals surface area contributed by atoms with E-state index in [0.717, 1.165) is 15.5 Å². The minimum Gasteiger partial charge on any atom is -0.298 e. The van der Waals surface area contributed by atoms with Gasteiger partial charge in [0.2, 0.25) is 0 Å². The molecule has 3 amide bonds. The monoisotopic (exact) mass is 465 g/mol. The van der Waals surface area contributed by atoms with Gasteiger partial charge < -0.3 is 0 Å². The van der Waals surface area contributed by atoms with Crippen molar-refractivity contribution in [1.29, 1.82) is 0 Å². The molecule has 0 spiro atoms. The molecule has 0 aliphatic carbocycles. The van der Waals surface area contributed by atoms with Crippen LogP contribution in [0.25, 0.3) is 10.6 Å². The molecule has 0 saturated heterocycles. The van der Waals surface area contributed by atoms with Gasteiger partial charge in [-0.25, -0.2) is 9.88 Å². The van der Waals surface area contributed by atoms with Crippen LogP contribution in [0.2, 0.25) is 5.02 Å². The van der Waals surface area contributed by atoms with Crippen LogP contribution in [0.3, 0.4) is 0 Å². The second-order valence-electron chi connectivity index (χ2n) is 6.63. The number of thiophene rings is 1. The second kappa shape index (κ2) is 7.73. The number of imide groups is 1. The van der Waals surface area contributed by atoms with Crippen LogP contribution in [0.4, 0.5) is 10.8 Å². The number of thiazole rings is 1. The van der Waals surface area contributed by atoms with Gasteiger partial charge in [-0.05, 0) is 41.8 Å². The van der Waals surface area contributed by atoms with Crippen LogP contribution in [-0.4, -0.2) is 22.7 Å². The molecule has 4 aromatic rings. The standard InChI is InChI=1S/C22H12ClN3O3S2/c23-15-4-1-2-5-17(15)26-20(28)13-8-7-12(10-14(13)21(26)29)19(27)25-22-24-16(11-31-22)18-6-3-9-30-18/h1-11H,(H,24,25,27). The maximum absolute atomic E-state index is 12.9. The van der Waals surface area contributed by atoms with Crippen LogP contribution in [-0.2, 0) is 0 Å². The number of anilines is 2. The number of hydrogen-bond acceptors (Lipinski definition) is 6. The van der Waals surface area contributed by atoms with Gasteiger partial charge in [0, 0.05) is 10.9 Å². The fourth-order valence-electron chi connectivity index (χ4n) is 3.27. The van der Waals surface area contributed by atoms with Crippen LogP contribution in [0.1, 0.15) is 31.1 Å². The number of aromatic nitrogens is 1. The molecule has 2 aromatic carbocycles. The first kappa shape index (κ1) is 19.6. The third-order valence-electron chi connectivity index (χ3n) is 4.74. The number of nitrogens with one attached hydrogen (secondary N) is 1. The Bertz CT molecular complexity index is 1350. The van der Waals surface area contributed by atoms with Crippen molar-refractivity contribution < 1.29 is 14.4 Å². The number of halogens is 1. The van der Waals surface area contributed by atoms with Gasteiger partial charge in [-0.2, -0.15) is 0 Å². The molecule has 0 unspecified atom stereocenters. The molecule has 3 heterocycles. The molecule has 0 bridgehead atoms. The Kier molecular flexibility index (Phi) is 4.90. The molecular weight excluding hydrogens is 454 g/mol. The number of rotatable bonds is 4. The van der Waals surface area contributed by atoms with E-state index in [1.165, 1.54) is 29.5 Å². The number of nitrogens with zero attached hydrogens (tertiary/aromatic N) is 2. The molecule has 0 radical (unpaired) electrons. The van der Waals surface area contributed by atoms with Gasteiger partial charge in [0.05, 0.1) is 32.4 Å². The second-order valence-corrected chi connectivity index (χ2v) is 8.84. The number of benzene rings is 2. The molecule has 9 heteroatoms. The zero-order valence-corrected chi connectivity index (χ0v) is 18.1. The van der Waals surface area contributed by atoms with E-state index < -0.39 is 17.7 Å². The fraction of sp³-hybridized carbons (Fsp3) is 0. The van der Waals surface area contributed by atoms with Crippen molar-refractivity contribution in [3.05, 3.63) is 87.1 Å². The van der Waals surface area contributed by atoms with Gasteiger partial charge in [-0.1, -0.05) is 29.8 Å². The van der Waals surface area contributed by atoms with Crippen LogP contribution in [0, 0.1) is 0 Å². The Balaban J connectivity index is 1.40. The molecular formula is C22H12ClN3O3S2. The summed E-state index contributed by atoms with van der Waals surface area (Å²) in [5.74, 6) is -1.40. The Morgan fingerprint density at radius 1 is 0.968 bits per heavy atom. The lowest BCUT2D eigenvalue weighted by Crippen LogP contribution is -2.29. The Morgan fingerprint density at radius 3 is 2.55 bits per heavy atom. The molecule has 1 aliphatic heterocycles. The molecule has 1 aliphatic rings. The third-order valence-corrected chi connectivity index (χ3v) is 6.71. The van der Waals surface area contributed by atoms with E-state index in [-0.39, 0.29) is 16.7 Å². The first-order valence-corrected chi connectivity index (χ1v) is 11.2. The van der Waals surface area contributed by atoms with E-state index in [2.05, 4.69) is 10.3 Å². The highest BCUT2D eigenvalue weighted by molar-refractivity contribution is 7.16. The number of hydrogen-bond donors (Lipinski definition) is 1. The summed E-state index contributed by atoms with van der Waals surface area (Å²) in [6, 6.07) is 14.9. The van der Waals surface area contributed by atoms with E-state index in [4.69, 9.17) is 11.6 Å². The summed E-state index contributed by atoms with van der Waals surface area (Å²) >= 11 is 9.06. The maximum atomic E-state index is 12.9. The number of para-hydroxylation sites is 1. The lowest BCUT2D eigenvalue weighted by atomic mass is 10.1. The largest absolute Gasteiger partial charge is 0.298 e. The predicted molar refractivity (Wildman–Crippen MR) is 122 cm³/mol. The van der Waals surface area contributed by atoms with Gasteiger partial charge in [0.1, 0.15) is 0 Å². The number of carbonyl (C=O) groups excluding carboxylic acids is 3. The average molecular weight is 466 g/mol. The van der Waals surface area contributed by atoms with Crippen molar-refractivity contribution >= 4 is 62.8 Å². The van der Waals surface area contributed by atoms with Crippen molar-refractivity contribution in [2.24, 2.45) is 0 Å². The van der Waals surface area contributed by atoms with E-state index >= 15 is 0 Å². The summed E-state index contributed by atoms with van der Waals surface area (Å²) in [7, 11) is 0. The quantitative estimate of drug-likeness (QED) is 0.399. The molecule has 6 nitrogen and oxygen atoms in total. The Labute approximate surface area is 189 Å². The summed E-state index contributed by atoms with van der Waals surface area (Å²) in [5.41, 5.74) is 1.76. The van der Waals surface area contributed by atoms with Gasteiger partial charge in [-0.15, -0.1) is 22.7 Å². The zero-order chi connectivity index (χ0) is 21.5. The highest BCUT2D eigenvalue weighted by Gasteiger charge is 2.38. The molecule has 0 saturated carbocycles. The highest BCUT2D eigenvalue weighted by atomic mass is 35.5. The van der Waals surface area contributed by atoms with Gasteiger partial charge in [0.15, 0.2) is 5.13 Å². The van der Waals surface area contributed by atoms with Gasteiger partial charge in [0.25, 0.3) is 17.7 Å². The Morgan fingerprint density at radius 2 is 1.77 bits per heavy atom. The normalized spacial score (nSPS) is 12.9. The molecule has 31 heavy (non-hydrogen) atoms. The SMILES string of the molecule is O=C(Nc1nc(-c2cccs2)cs1)c1ccc2c(c1)C(=O)N(c1ccccc1Cl)C2=O. The summed E-state index contributed by atoms with van der Waals surface area (Å²) in [6.07, 6.45) is 0. The van der Waals surface area contributed by atoms with Crippen molar-refractivity contribution in [3.8, 4) is 10.6 Å². The summed E-state index contributed by atoms with van der Waals surface area (Å²) in [6.45, 7) is 0. The lowest BCUT2D eigenvalue weighted by Gasteiger charge is -2.15. The lowest BCUT2D eigenvalue weighted by molar-refractivity contribution is 0.0925. The minimum atomic E-state index is -0.517. The van der Waals surface area contributed by atoms with Crippen molar-refractivity contribution in [2.45, 2.75) is 0 Å². The zero-order valence-electron chi connectivity index (χ0n) is 15.7. The van der Waals surface area contributed by atoms with Gasteiger partial charge >= 0.3 is 0 Å². The summed E-state index contributed by atoms with van der Waals surface area (Å²) < 4.78 is 0. The van der Waals surface area contributed by atoms with E-state index in [0.29, 0.717) is 15.8 Å². The summed E-state index contributed by atoms with van der Waals surface area (Å²) in [4.78, 5) is 44.9.